The van der Waals surface area contributed by atoms with Crippen molar-refractivity contribution in [1.29, 1.82) is 0 Å². The maximum atomic E-state index is 6.42. The van der Waals surface area contributed by atoms with Crippen molar-refractivity contribution in [3.63, 3.8) is 0 Å². The highest BCUT2D eigenvalue weighted by atomic mass is 16.3. The molecule has 0 aliphatic rings. The maximum Gasteiger partial charge on any atom is 0.238 e. The zero-order valence-corrected chi connectivity index (χ0v) is 37.2. The molecule has 0 radical (unpaired) electrons. The zero-order valence-electron chi connectivity index (χ0n) is 37.2. The average molecular weight is 882 g/mol. The number of hydrogen-bond donors (Lipinski definition) is 0. The lowest BCUT2D eigenvalue weighted by Crippen LogP contribution is -2.07. The van der Waals surface area contributed by atoms with Crippen molar-refractivity contribution in [2.24, 2.45) is 0 Å². The van der Waals surface area contributed by atoms with Gasteiger partial charge in [-0.25, -0.2) is 4.98 Å². The minimum absolute atomic E-state index is 0.529. The van der Waals surface area contributed by atoms with Crippen LogP contribution in [-0.4, -0.2) is 24.1 Å². The van der Waals surface area contributed by atoms with Gasteiger partial charge in [0.2, 0.25) is 5.95 Å². The molecule has 0 unspecified atom stereocenters. The lowest BCUT2D eigenvalue weighted by atomic mass is 9.98. The molecule has 10 aromatic carbocycles. The monoisotopic (exact) mass is 881 g/mol. The van der Waals surface area contributed by atoms with Crippen LogP contribution in [0.2, 0.25) is 0 Å². The first-order chi connectivity index (χ1) is 34.2. The number of hydrogen-bond acceptors (Lipinski definition) is 4. The first-order valence-electron chi connectivity index (χ1n) is 23.3. The molecule has 0 atom stereocenters. The van der Waals surface area contributed by atoms with E-state index in [4.69, 9.17) is 19.4 Å². The predicted molar refractivity (Wildman–Crippen MR) is 283 cm³/mol. The van der Waals surface area contributed by atoms with Crippen LogP contribution in [0.15, 0.2) is 241 Å². The van der Waals surface area contributed by atoms with E-state index in [1.54, 1.807) is 0 Å². The summed E-state index contributed by atoms with van der Waals surface area (Å²) < 4.78 is 11.1. The van der Waals surface area contributed by atoms with Gasteiger partial charge < -0.3 is 8.98 Å². The van der Waals surface area contributed by atoms with Crippen LogP contribution in [0.25, 0.3) is 133 Å². The Morgan fingerprint density at radius 1 is 0.290 bits per heavy atom. The summed E-state index contributed by atoms with van der Waals surface area (Å²) in [4.78, 5) is 16.1. The summed E-state index contributed by atoms with van der Waals surface area (Å²) in [7, 11) is 0. The Kier molecular flexibility index (Phi) is 8.79. The zero-order chi connectivity index (χ0) is 45.4. The van der Waals surface area contributed by atoms with Crippen LogP contribution < -0.4 is 0 Å². The van der Waals surface area contributed by atoms with E-state index in [9.17, 15) is 0 Å². The Bertz CT molecular complexity index is 4300. The molecule has 4 aromatic heterocycles. The summed E-state index contributed by atoms with van der Waals surface area (Å²) in [6.07, 6.45) is 0. The van der Waals surface area contributed by atoms with Crippen LogP contribution >= 0.6 is 0 Å². The van der Waals surface area contributed by atoms with Gasteiger partial charge in [-0.05, 0) is 82.4 Å². The number of benzene rings is 10. The van der Waals surface area contributed by atoms with Crippen molar-refractivity contribution in [3.05, 3.63) is 237 Å². The van der Waals surface area contributed by atoms with E-state index in [1.807, 2.05) is 30.3 Å². The van der Waals surface area contributed by atoms with Gasteiger partial charge in [-0.3, -0.25) is 4.57 Å². The molecular weight excluding hydrogens is 843 g/mol. The van der Waals surface area contributed by atoms with Gasteiger partial charge in [-0.2, -0.15) is 9.97 Å². The predicted octanol–water partition coefficient (Wildman–Crippen LogP) is 16.3. The molecule has 0 spiro atoms. The number of para-hydroxylation sites is 3. The number of nitrogens with zero attached hydrogens (tertiary/aromatic N) is 5. The molecule has 0 saturated carbocycles. The van der Waals surface area contributed by atoms with Crippen molar-refractivity contribution in [3.8, 4) is 67.8 Å². The third-order valence-corrected chi connectivity index (χ3v) is 13.6. The molecule has 0 saturated heterocycles. The number of furan rings is 1. The number of fused-ring (bicyclic) bond motifs is 10. The molecule has 0 fully saturated rings. The average Bonchev–Trinajstić information content (AvgIpc) is 4.09. The molecule has 14 rings (SSSR count). The van der Waals surface area contributed by atoms with Gasteiger partial charge in [0, 0.05) is 49.0 Å². The fraction of sp³-hybridized carbons (Fsp3) is 0. The van der Waals surface area contributed by atoms with Crippen molar-refractivity contribution in [2.75, 3.05) is 0 Å². The summed E-state index contributed by atoms with van der Waals surface area (Å²) in [5, 5.41) is 6.55. The molecule has 0 aliphatic carbocycles. The summed E-state index contributed by atoms with van der Waals surface area (Å²) in [6.45, 7) is 0. The second-order valence-electron chi connectivity index (χ2n) is 17.6. The summed E-state index contributed by atoms with van der Waals surface area (Å²) in [5.74, 6) is 1.68. The lowest BCUT2D eigenvalue weighted by Gasteiger charge is -2.16. The third-order valence-electron chi connectivity index (χ3n) is 13.6. The molecule has 0 aliphatic heterocycles. The highest BCUT2D eigenvalue weighted by molar-refractivity contribution is 6.24. The van der Waals surface area contributed by atoms with Gasteiger partial charge in [0.25, 0.3) is 0 Å². The van der Waals surface area contributed by atoms with E-state index in [1.165, 1.54) is 11.1 Å². The molecular formula is C63H39N5O. The normalized spacial score (nSPS) is 11.8. The molecule has 6 nitrogen and oxygen atoms in total. The third kappa shape index (κ3) is 6.30. The molecule has 4 heterocycles. The first-order valence-corrected chi connectivity index (χ1v) is 23.3. The lowest BCUT2D eigenvalue weighted by molar-refractivity contribution is 0.669. The minimum atomic E-state index is 0.529. The quantitative estimate of drug-likeness (QED) is 0.160. The fourth-order valence-electron chi connectivity index (χ4n) is 10.4. The van der Waals surface area contributed by atoms with E-state index in [-0.39, 0.29) is 0 Å². The largest absolute Gasteiger partial charge is 0.456 e. The van der Waals surface area contributed by atoms with Crippen LogP contribution in [0.3, 0.4) is 0 Å². The highest BCUT2D eigenvalue weighted by Gasteiger charge is 2.25. The molecule has 69 heavy (non-hydrogen) atoms. The Hall–Kier alpha value is -9.39. The van der Waals surface area contributed by atoms with Gasteiger partial charge in [-0.15, -0.1) is 0 Å². The topological polar surface area (TPSA) is 61.7 Å². The molecule has 0 bridgehead atoms. The van der Waals surface area contributed by atoms with Crippen LogP contribution in [0.1, 0.15) is 0 Å². The van der Waals surface area contributed by atoms with Crippen LogP contribution in [0.4, 0.5) is 0 Å². The molecule has 0 amide bonds. The van der Waals surface area contributed by atoms with Crippen molar-refractivity contribution >= 4 is 65.6 Å². The molecule has 14 aromatic rings. The van der Waals surface area contributed by atoms with Gasteiger partial charge in [0.15, 0.2) is 11.6 Å². The van der Waals surface area contributed by atoms with Crippen LogP contribution in [0, 0.1) is 0 Å². The Balaban J connectivity index is 1.04. The van der Waals surface area contributed by atoms with Gasteiger partial charge in [-0.1, -0.05) is 182 Å². The minimum Gasteiger partial charge on any atom is -0.456 e. The Morgan fingerprint density at radius 2 is 0.768 bits per heavy atom. The van der Waals surface area contributed by atoms with E-state index in [0.717, 1.165) is 105 Å². The summed E-state index contributed by atoms with van der Waals surface area (Å²) in [6, 6.07) is 83.4. The number of aromatic nitrogens is 5. The standard InChI is InChI=1S/C63H39N5O/c1-4-17-40(18-5-1)43-23-16-24-45(37-43)47-25-10-13-28-54(47)67-55-29-14-11-26-48(55)50-33-34-51-49-27-12-15-30-56(49)68(60(51)59(50)67)63-65-61(42-21-8-3-9-22-42)64-62(66-63)46-32-36-58-53(39-46)52-38-44(31-35-57(52)69-58)41-19-6-2-7-20-41/h1-39H. The van der Waals surface area contributed by atoms with Crippen molar-refractivity contribution < 1.29 is 4.42 Å². The summed E-state index contributed by atoms with van der Waals surface area (Å²) >= 11 is 0. The summed E-state index contributed by atoms with van der Waals surface area (Å²) in [5.41, 5.74) is 15.6. The fourth-order valence-corrected chi connectivity index (χ4v) is 10.4. The second kappa shape index (κ2) is 15.6. The van der Waals surface area contributed by atoms with Crippen LogP contribution in [0.5, 0.6) is 0 Å². The molecule has 322 valence electrons. The van der Waals surface area contributed by atoms with E-state index < -0.39 is 0 Å². The van der Waals surface area contributed by atoms with E-state index in [2.05, 4.69) is 215 Å². The molecule has 0 N–H and O–H groups in total. The van der Waals surface area contributed by atoms with Gasteiger partial charge in [0.05, 0.1) is 27.8 Å². The van der Waals surface area contributed by atoms with Crippen molar-refractivity contribution in [1.82, 2.24) is 24.1 Å². The van der Waals surface area contributed by atoms with Gasteiger partial charge in [0.1, 0.15) is 11.2 Å². The van der Waals surface area contributed by atoms with Gasteiger partial charge >= 0.3 is 0 Å². The maximum absolute atomic E-state index is 6.42. The molecule has 6 heteroatoms. The van der Waals surface area contributed by atoms with E-state index >= 15 is 0 Å². The smallest absolute Gasteiger partial charge is 0.238 e. The number of rotatable bonds is 7. The first kappa shape index (κ1) is 38.8. The van der Waals surface area contributed by atoms with E-state index in [0.29, 0.717) is 17.6 Å². The Labute approximate surface area is 396 Å². The van der Waals surface area contributed by atoms with Crippen LogP contribution in [-0.2, 0) is 0 Å². The highest BCUT2D eigenvalue weighted by Crippen LogP contribution is 2.44. The SMILES string of the molecule is c1ccc(-c2cccc(-c3ccccc3-n3c4ccccc4c4ccc5c6ccccc6n(-c6nc(-c7ccccc7)nc(-c7ccc8oc9ccc(-c%10ccccc%10)cc9c8c7)n6)c5c43)c2)cc1. The van der Waals surface area contributed by atoms with Crippen molar-refractivity contribution in [2.45, 2.75) is 0 Å². The second-order valence-corrected chi connectivity index (χ2v) is 17.6. The Morgan fingerprint density at radius 3 is 1.43 bits per heavy atom.